The second-order valence-electron chi connectivity index (χ2n) is 6.97. The van der Waals surface area contributed by atoms with Gasteiger partial charge in [0, 0.05) is 13.2 Å². The molecule has 1 rings (SSSR count). The van der Waals surface area contributed by atoms with Crippen LogP contribution in [0.15, 0.2) is 0 Å². The van der Waals surface area contributed by atoms with Gasteiger partial charge in [-0.3, -0.25) is 0 Å². The van der Waals surface area contributed by atoms with Crippen LogP contribution in [0.25, 0.3) is 0 Å². The monoisotopic (exact) mass is 291 g/mol. The van der Waals surface area contributed by atoms with Crippen molar-refractivity contribution in [2.75, 3.05) is 18.9 Å². The summed E-state index contributed by atoms with van der Waals surface area (Å²) in [5.74, 6) is 0.745. The van der Waals surface area contributed by atoms with Gasteiger partial charge in [-0.2, -0.15) is 0 Å². The first-order valence-electron chi connectivity index (χ1n) is 7.32. The Morgan fingerprint density at radius 2 is 1.74 bits per heavy atom. The van der Waals surface area contributed by atoms with Gasteiger partial charge in [0.05, 0.1) is 5.75 Å². The lowest BCUT2D eigenvalue weighted by Crippen LogP contribution is -2.37. The highest BCUT2D eigenvalue weighted by atomic mass is 32.2. The molecule has 19 heavy (non-hydrogen) atoms. The second kappa shape index (κ2) is 7.04. The largest absolute Gasteiger partial charge is 0.396 e. The van der Waals surface area contributed by atoms with Gasteiger partial charge >= 0.3 is 0 Å². The van der Waals surface area contributed by atoms with Gasteiger partial charge in [0.1, 0.15) is 0 Å². The predicted molar refractivity (Wildman–Crippen MR) is 78.4 cm³/mol. The fourth-order valence-corrected chi connectivity index (χ4v) is 4.03. The third-order valence-electron chi connectivity index (χ3n) is 3.99. The zero-order chi connectivity index (χ0) is 14.5. The van der Waals surface area contributed by atoms with Gasteiger partial charge in [0.15, 0.2) is 0 Å². The van der Waals surface area contributed by atoms with Crippen LogP contribution < -0.4 is 4.72 Å². The molecule has 0 aromatic heterocycles. The second-order valence-corrected chi connectivity index (χ2v) is 8.89. The van der Waals surface area contributed by atoms with E-state index in [1.54, 1.807) is 0 Å². The first-order chi connectivity index (χ1) is 8.73. The summed E-state index contributed by atoms with van der Waals surface area (Å²) in [6.45, 7) is 6.80. The number of sulfonamides is 1. The minimum Gasteiger partial charge on any atom is -0.396 e. The average molecular weight is 291 g/mol. The van der Waals surface area contributed by atoms with Crippen molar-refractivity contribution in [2.24, 2.45) is 17.3 Å². The van der Waals surface area contributed by atoms with E-state index in [4.69, 9.17) is 0 Å². The lowest BCUT2D eigenvalue weighted by atomic mass is 9.80. The Balaban J connectivity index is 2.41. The molecular formula is C14H29NO3S. The van der Waals surface area contributed by atoms with Crippen molar-refractivity contribution in [1.82, 2.24) is 4.72 Å². The van der Waals surface area contributed by atoms with Gasteiger partial charge in [-0.25, -0.2) is 13.1 Å². The molecule has 2 N–H and O–H groups in total. The number of aliphatic hydroxyl groups is 1. The Labute approximate surface area is 118 Å². The normalized spacial score (nSPS) is 25.5. The molecule has 2 atom stereocenters. The molecule has 1 saturated carbocycles. The summed E-state index contributed by atoms with van der Waals surface area (Å²) in [7, 11) is -3.18. The summed E-state index contributed by atoms with van der Waals surface area (Å²) < 4.78 is 26.6. The maximum atomic E-state index is 11.9. The molecular weight excluding hydrogens is 262 g/mol. The van der Waals surface area contributed by atoms with Crippen molar-refractivity contribution >= 4 is 10.0 Å². The van der Waals surface area contributed by atoms with Gasteiger partial charge in [-0.1, -0.05) is 33.6 Å². The Hall–Kier alpha value is -0.130. The Bertz CT molecular complexity index is 359. The Morgan fingerprint density at radius 3 is 2.26 bits per heavy atom. The quantitative estimate of drug-likeness (QED) is 0.788. The summed E-state index contributed by atoms with van der Waals surface area (Å²) >= 11 is 0. The average Bonchev–Trinajstić information content (AvgIpc) is 2.34. The Morgan fingerprint density at radius 1 is 1.16 bits per heavy atom. The van der Waals surface area contributed by atoms with E-state index in [1.165, 1.54) is 0 Å². The maximum Gasteiger partial charge on any atom is 0.211 e. The highest BCUT2D eigenvalue weighted by Crippen LogP contribution is 2.29. The predicted octanol–water partition coefficient (Wildman–Crippen LogP) is 2.14. The van der Waals surface area contributed by atoms with Crippen LogP contribution in [-0.4, -0.2) is 32.4 Å². The minimum atomic E-state index is -3.18. The molecule has 1 fully saturated rings. The highest BCUT2D eigenvalue weighted by molar-refractivity contribution is 7.89. The molecule has 0 aromatic carbocycles. The zero-order valence-electron chi connectivity index (χ0n) is 12.5. The van der Waals surface area contributed by atoms with E-state index in [-0.39, 0.29) is 23.7 Å². The molecule has 1 aliphatic rings. The van der Waals surface area contributed by atoms with E-state index < -0.39 is 10.0 Å². The smallest absolute Gasteiger partial charge is 0.211 e. The molecule has 5 heteroatoms. The fourth-order valence-electron chi connectivity index (χ4n) is 2.54. The molecule has 0 amide bonds. The minimum absolute atomic E-state index is 0.0349. The lowest BCUT2D eigenvalue weighted by molar-refractivity contribution is 0.136. The fraction of sp³-hybridized carbons (Fsp3) is 1.00. The van der Waals surface area contributed by atoms with E-state index in [9.17, 15) is 13.5 Å². The molecule has 0 heterocycles. The zero-order valence-corrected chi connectivity index (χ0v) is 13.3. The van der Waals surface area contributed by atoms with Gasteiger partial charge < -0.3 is 5.11 Å². The summed E-state index contributed by atoms with van der Waals surface area (Å²) in [4.78, 5) is 0. The van der Waals surface area contributed by atoms with Gasteiger partial charge in [-0.15, -0.1) is 0 Å². The third-order valence-corrected chi connectivity index (χ3v) is 5.34. The molecule has 0 aliphatic heterocycles. The van der Waals surface area contributed by atoms with Crippen molar-refractivity contribution in [3.8, 4) is 0 Å². The van der Waals surface area contributed by atoms with Crippen LogP contribution in [0.3, 0.4) is 0 Å². The van der Waals surface area contributed by atoms with Crippen molar-refractivity contribution in [1.29, 1.82) is 0 Å². The highest BCUT2D eigenvalue weighted by Gasteiger charge is 2.26. The first-order valence-corrected chi connectivity index (χ1v) is 8.97. The van der Waals surface area contributed by atoms with Crippen LogP contribution in [0.1, 0.15) is 52.9 Å². The lowest BCUT2D eigenvalue weighted by Gasteiger charge is -2.30. The van der Waals surface area contributed by atoms with E-state index >= 15 is 0 Å². The molecule has 0 saturated heterocycles. The van der Waals surface area contributed by atoms with Crippen LogP contribution in [0.5, 0.6) is 0 Å². The number of nitrogens with one attached hydrogen (secondary N) is 1. The molecule has 0 bridgehead atoms. The number of rotatable bonds is 6. The van der Waals surface area contributed by atoms with Crippen molar-refractivity contribution in [3.63, 3.8) is 0 Å². The third kappa shape index (κ3) is 6.72. The van der Waals surface area contributed by atoms with Gasteiger partial charge in [0.2, 0.25) is 10.0 Å². The molecule has 0 spiro atoms. The van der Waals surface area contributed by atoms with Crippen LogP contribution in [-0.2, 0) is 10.0 Å². The van der Waals surface area contributed by atoms with Crippen LogP contribution >= 0.6 is 0 Å². The summed E-state index contributed by atoms with van der Waals surface area (Å²) in [6.07, 6.45) is 5.00. The summed E-state index contributed by atoms with van der Waals surface area (Å²) in [6, 6.07) is 0. The number of aliphatic hydroxyl groups excluding tert-OH is 1. The molecule has 0 aromatic rings. The topological polar surface area (TPSA) is 66.4 Å². The molecule has 0 radical (unpaired) electrons. The molecule has 114 valence electrons. The van der Waals surface area contributed by atoms with Crippen LogP contribution in [0.2, 0.25) is 0 Å². The Kier molecular flexibility index (Phi) is 6.27. The SMILES string of the molecule is CC(C)(C)CCS(=O)(=O)NCC1CCCCC1CO. The van der Waals surface area contributed by atoms with E-state index in [0.29, 0.717) is 18.9 Å². The molecule has 2 unspecified atom stereocenters. The standard InChI is InChI=1S/C14H29NO3S/c1-14(2,3)8-9-19(17,18)15-10-12-6-4-5-7-13(12)11-16/h12-13,15-16H,4-11H2,1-3H3. The van der Waals surface area contributed by atoms with E-state index in [2.05, 4.69) is 4.72 Å². The summed E-state index contributed by atoms with van der Waals surface area (Å²) in [5.41, 5.74) is 0.0349. The van der Waals surface area contributed by atoms with E-state index in [1.807, 2.05) is 20.8 Å². The first kappa shape index (κ1) is 16.9. The number of hydrogen-bond acceptors (Lipinski definition) is 3. The van der Waals surface area contributed by atoms with Crippen molar-refractivity contribution in [3.05, 3.63) is 0 Å². The van der Waals surface area contributed by atoms with Gasteiger partial charge in [0.25, 0.3) is 0 Å². The van der Waals surface area contributed by atoms with Crippen molar-refractivity contribution < 1.29 is 13.5 Å². The van der Waals surface area contributed by atoms with Gasteiger partial charge in [-0.05, 0) is 36.5 Å². The van der Waals surface area contributed by atoms with E-state index in [0.717, 1.165) is 25.7 Å². The maximum absolute atomic E-state index is 11.9. The number of hydrogen-bond donors (Lipinski definition) is 2. The molecule has 1 aliphatic carbocycles. The molecule has 4 nitrogen and oxygen atoms in total. The van der Waals surface area contributed by atoms with Crippen molar-refractivity contribution in [2.45, 2.75) is 52.9 Å². The van der Waals surface area contributed by atoms with Crippen LogP contribution in [0.4, 0.5) is 0 Å². The summed E-state index contributed by atoms with van der Waals surface area (Å²) in [5, 5.41) is 9.32. The van der Waals surface area contributed by atoms with Crippen LogP contribution in [0, 0.1) is 17.3 Å².